The second-order valence-corrected chi connectivity index (χ2v) is 5.13. The lowest BCUT2D eigenvalue weighted by Gasteiger charge is -2.17. The van der Waals surface area contributed by atoms with Gasteiger partial charge in [0.25, 0.3) is 0 Å². The molecule has 0 aromatic carbocycles. The molecule has 0 aliphatic rings. The Morgan fingerprint density at radius 2 is 2.05 bits per heavy atom. The van der Waals surface area contributed by atoms with Gasteiger partial charge in [0.05, 0.1) is 5.69 Å². The SMILES string of the molecule is CCN(CC)CCNCc1cnc2c(c1)c(C)nn2C. The van der Waals surface area contributed by atoms with Crippen molar-refractivity contribution in [3.05, 3.63) is 23.5 Å². The zero-order chi connectivity index (χ0) is 14.5. The number of aryl methyl sites for hydroxylation is 2. The summed E-state index contributed by atoms with van der Waals surface area (Å²) in [5.41, 5.74) is 3.21. The third kappa shape index (κ3) is 3.35. The van der Waals surface area contributed by atoms with Crippen LogP contribution in [0, 0.1) is 6.92 Å². The molecule has 2 heterocycles. The predicted octanol–water partition coefficient (Wildman–Crippen LogP) is 1.71. The lowest BCUT2D eigenvalue weighted by atomic mass is 10.2. The molecule has 2 aromatic heterocycles. The Labute approximate surface area is 121 Å². The molecule has 20 heavy (non-hydrogen) atoms. The lowest BCUT2D eigenvalue weighted by Crippen LogP contribution is -2.31. The van der Waals surface area contributed by atoms with Crippen molar-refractivity contribution in [2.24, 2.45) is 7.05 Å². The Morgan fingerprint density at radius 3 is 2.75 bits per heavy atom. The minimum absolute atomic E-state index is 0.860. The van der Waals surface area contributed by atoms with Gasteiger partial charge in [-0.2, -0.15) is 5.10 Å². The summed E-state index contributed by atoms with van der Waals surface area (Å²) in [5.74, 6) is 0. The Balaban J connectivity index is 1.92. The van der Waals surface area contributed by atoms with Gasteiger partial charge in [-0.3, -0.25) is 4.68 Å². The maximum absolute atomic E-state index is 4.50. The zero-order valence-corrected chi connectivity index (χ0v) is 13.0. The third-order valence-electron chi connectivity index (χ3n) is 3.75. The first kappa shape index (κ1) is 14.9. The van der Waals surface area contributed by atoms with E-state index in [1.807, 2.05) is 24.9 Å². The van der Waals surface area contributed by atoms with Crippen LogP contribution in [-0.4, -0.2) is 45.8 Å². The van der Waals surface area contributed by atoms with E-state index in [-0.39, 0.29) is 0 Å². The first-order valence-electron chi connectivity index (χ1n) is 7.37. The van der Waals surface area contributed by atoms with Gasteiger partial charge in [0.1, 0.15) is 0 Å². The Morgan fingerprint density at radius 1 is 1.30 bits per heavy atom. The van der Waals surface area contributed by atoms with E-state index in [1.54, 1.807) is 0 Å². The van der Waals surface area contributed by atoms with Crippen molar-refractivity contribution < 1.29 is 0 Å². The number of pyridine rings is 1. The van der Waals surface area contributed by atoms with E-state index in [0.717, 1.165) is 49.5 Å². The van der Waals surface area contributed by atoms with Crippen LogP contribution >= 0.6 is 0 Å². The van der Waals surface area contributed by atoms with Gasteiger partial charge in [-0.1, -0.05) is 13.8 Å². The third-order valence-corrected chi connectivity index (χ3v) is 3.75. The van der Waals surface area contributed by atoms with Gasteiger partial charge in [0, 0.05) is 38.3 Å². The molecule has 0 saturated heterocycles. The summed E-state index contributed by atoms with van der Waals surface area (Å²) in [7, 11) is 1.93. The molecule has 1 N–H and O–H groups in total. The molecular weight excluding hydrogens is 250 g/mol. The summed E-state index contributed by atoms with van der Waals surface area (Å²) in [5, 5.41) is 9.03. The average Bonchev–Trinajstić information content (AvgIpc) is 2.74. The van der Waals surface area contributed by atoms with E-state index in [4.69, 9.17) is 0 Å². The standard InChI is InChI=1S/C15H25N5/c1-5-20(6-2)8-7-16-10-13-9-14-12(3)18-19(4)15(14)17-11-13/h9,11,16H,5-8,10H2,1-4H3. The molecule has 0 fully saturated rings. The Kier molecular flexibility index (Phi) is 5.09. The highest BCUT2D eigenvalue weighted by atomic mass is 15.3. The number of aromatic nitrogens is 3. The minimum atomic E-state index is 0.860. The summed E-state index contributed by atoms with van der Waals surface area (Å²) in [4.78, 5) is 6.91. The van der Waals surface area contributed by atoms with Crippen LogP contribution in [0.15, 0.2) is 12.3 Å². The second kappa shape index (κ2) is 6.81. The molecule has 0 amide bonds. The molecule has 0 spiro atoms. The second-order valence-electron chi connectivity index (χ2n) is 5.13. The van der Waals surface area contributed by atoms with E-state index >= 15 is 0 Å². The molecule has 2 rings (SSSR count). The summed E-state index contributed by atoms with van der Waals surface area (Å²) in [6.45, 7) is 11.6. The van der Waals surface area contributed by atoms with Crippen LogP contribution in [0.2, 0.25) is 0 Å². The Hall–Kier alpha value is -1.46. The molecule has 0 unspecified atom stereocenters. The first-order chi connectivity index (χ1) is 9.65. The van der Waals surface area contributed by atoms with Gasteiger partial charge in [-0.15, -0.1) is 0 Å². The van der Waals surface area contributed by atoms with Gasteiger partial charge in [0.15, 0.2) is 5.65 Å². The van der Waals surface area contributed by atoms with Crippen molar-refractivity contribution in [2.45, 2.75) is 27.3 Å². The van der Waals surface area contributed by atoms with E-state index in [1.165, 1.54) is 5.56 Å². The van der Waals surface area contributed by atoms with Crippen molar-refractivity contribution in [2.75, 3.05) is 26.2 Å². The molecule has 5 heteroatoms. The fourth-order valence-corrected chi connectivity index (χ4v) is 2.46. The lowest BCUT2D eigenvalue weighted by molar-refractivity contribution is 0.302. The Bertz CT molecular complexity index is 557. The molecule has 0 aliphatic heterocycles. The monoisotopic (exact) mass is 275 g/mol. The molecule has 110 valence electrons. The number of nitrogens with one attached hydrogen (secondary N) is 1. The topological polar surface area (TPSA) is 46.0 Å². The average molecular weight is 275 g/mol. The van der Waals surface area contributed by atoms with Gasteiger partial charge in [0.2, 0.25) is 0 Å². The normalized spacial score (nSPS) is 11.7. The van der Waals surface area contributed by atoms with Gasteiger partial charge >= 0.3 is 0 Å². The molecule has 0 aliphatic carbocycles. The smallest absolute Gasteiger partial charge is 0.157 e. The fraction of sp³-hybridized carbons (Fsp3) is 0.600. The quantitative estimate of drug-likeness (QED) is 0.781. The number of nitrogens with zero attached hydrogens (tertiary/aromatic N) is 4. The van der Waals surface area contributed by atoms with Crippen molar-refractivity contribution in [1.82, 2.24) is 25.0 Å². The highest BCUT2D eigenvalue weighted by molar-refractivity contribution is 5.78. The van der Waals surface area contributed by atoms with Crippen LogP contribution in [0.5, 0.6) is 0 Å². The van der Waals surface area contributed by atoms with E-state index in [2.05, 4.69) is 40.2 Å². The van der Waals surface area contributed by atoms with E-state index < -0.39 is 0 Å². The van der Waals surface area contributed by atoms with Crippen molar-refractivity contribution in [3.63, 3.8) is 0 Å². The van der Waals surface area contributed by atoms with Crippen molar-refractivity contribution >= 4 is 11.0 Å². The maximum Gasteiger partial charge on any atom is 0.157 e. The van der Waals surface area contributed by atoms with Crippen LogP contribution in [0.3, 0.4) is 0 Å². The van der Waals surface area contributed by atoms with Gasteiger partial charge in [-0.25, -0.2) is 4.98 Å². The zero-order valence-electron chi connectivity index (χ0n) is 13.0. The predicted molar refractivity (Wildman–Crippen MR) is 82.7 cm³/mol. The number of fused-ring (bicyclic) bond motifs is 1. The number of hydrogen-bond acceptors (Lipinski definition) is 4. The van der Waals surface area contributed by atoms with Crippen LogP contribution in [0.4, 0.5) is 0 Å². The molecule has 0 radical (unpaired) electrons. The van der Waals surface area contributed by atoms with Gasteiger partial charge in [-0.05, 0) is 31.6 Å². The van der Waals surface area contributed by atoms with Crippen molar-refractivity contribution in [3.8, 4) is 0 Å². The molecule has 0 saturated carbocycles. The van der Waals surface area contributed by atoms with Crippen LogP contribution < -0.4 is 5.32 Å². The van der Waals surface area contributed by atoms with E-state index in [9.17, 15) is 0 Å². The molecule has 0 bridgehead atoms. The number of rotatable bonds is 7. The summed E-state index contributed by atoms with van der Waals surface area (Å²) in [6.07, 6.45) is 1.94. The first-order valence-corrected chi connectivity index (χ1v) is 7.37. The van der Waals surface area contributed by atoms with E-state index in [0.29, 0.717) is 0 Å². The fourth-order valence-electron chi connectivity index (χ4n) is 2.46. The number of hydrogen-bond donors (Lipinski definition) is 1. The summed E-state index contributed by atoms with van der Waals surface area (Å²) in [6, 6.07) is 2.19. The van der Waals surface area contributed by atoms with Crippen LogP contribution in [-0.2, 0) is 13.6 Å². The molecule has 2 aromatic rings. The molecule has 0 atom stereocenters. The van der Waals surface area contributed by atoms with Crippen LogP contribution in [0.25, 0.3) is 11.0 Å². The van der Waals surface area contributed by atoms with Crippen molar-refractivity contribution in [1.29, 1.82) is 0 Å². The number of likely N-dealkylation sites (N-methyl/N-ethyl adjacent to an activating group) is 1. The summed E-state index contributed by atoms with van der Waals surface area (Å²) < 4.78 is 1.84. The molecular formula is C15H25N5. The highest BCUT2D eigenvalue weighted by Gasteiger charge is 2.06. The summed E-state index contributed by atoms with van der Waals surface area (Å²) >= 11 is 0. The van der Waals surface area contributed by atoms with Crippen LogP contribution in [0.1, 0.15) is 25.1 Å². The molecule has 5 nitrogen and oxygen atoms in total. The largest absolute Gasteiger partial charge is 0.311 e. The maximum atomic E-state index is 4.50. The minimum Gasteiger partial charge on any atom is -0.311 e. The van der Waals surface area contributed by atoms with Gasteiger partial charge < -0.3 is 10.2 Å². The highest BCUT2D eigenvalue weighted by Crippen LogP contribution is 2.16.